The van der Waals surface area contributed by atoms with Crippen LogP contribution in [0.5, 0.6) is 5.88 Å². The number of hydrogen-bond acceptors (Lipinski definition) is 4. The van der Waals surface area contributed by atoms with E-state index in [1.54, 1.807) is 0 Å². The Labute approximate surface area is 131 Å². The van der Waals surface area contributed by atoms with Gasteiger partial charge in [0.25, 0.3) is 0 Å². The fourth-order valence-electron chi connectivity index (χ4n) is 1.76. The first-order valence-corrected chi connectivity index (χ1v) is 7.80. The first-order chi connectivity index (χ1) is 9.74. The van der Waals surface area contributed by atoms with Crippen LogP contribution in [-0.4, -0.2) is 29.8 Å². The van der Waals surface area contributed by atoms with Gasteiger partial charge in [-0.15, -0.1) is 11.6 Å². The highest BCUT2D eigenvalue weighted by Crippen LogP contribution is 2.26. The number of ether oxygens (including phenoxy) is 2. The Bertz CT molecular complexity index is 580. The van der Waals surface area contributed by atoms with E-state index in [0.29, 0.717) is 24.9 Å². The van der Waals surface area contributed by atoms with Gasteiger partial charge >= 0.3 is 0 Å². The number of nitrogens with zero attached hydrogens (tertiary/aromatic N) is 2. The van der Waals surface area contributed by atoms with E-state index in [-0.39, 0.29) is 5.88 Å². The molecular formula is C14H16BrClN2O2. The molecule has 20 heavy (non-hydrogen) atoms. The molecule has 0 aliphatic heterocycles. The van der Waals surface area contributed by atoms with Gasteiger partial charge in [-0.25, -0.2) is 4.98 Å². The number of aromatic nitrogens is 2. The van der Waals surface area contributed by atoms with Crippen LogP contribution in [0.25, 0.3) is 10.9 Å². The largest absolute Gasteiger partial charge is 0.477 e. The number of halogens is 2. The summed E-state index contributed by atoms with van der Waals surface area (Å²) >= 11 is 9.26. The summed E-state index contributed by atoms with van der Waals surface area (Å²) < 4.78 is 12.0. The molecule has 0 aliphatic rings. The zero-order valence-electron chi connectivity index (χ0n) is 11.2. The lowest BCUT2D eigenvalue weighted by Crippen LogP contribution is -2.06. The lowest BCUT2D eigenvalue weighted by molar-refractivity contribution is 0.130. The van der Waals surface area contributed by atoms with Crippen LogP contribution < -0.4 is 4.74 Å². The number of rotatable bonds is 7. The number of benzene rings is 1. The topological polar surface area (TPSA) is 44.2 Å². The predicted octanol–water partition coefficient (Wildman–Crippen LogP) is 3.94. The van der Waals surface area contributed by atoms with Crippen LogP contribution in [0.1, 0.15) is 19.2 Å². The second-order valence-electron chi connectivity index (χ2n) is 4.14. The third-order valence-electron chi connectivity index (χ3n) is 2.67. The minimum Gasteiger partial charge on any atom is -0.477 e. The van der Waals surface area contributed by atoms with Gasteiger partial charge in [-0.2, -0.15) is 4.98 Å². The minimum atomic E-state index is 0.262. The summed E-state index contributed by atoms with van der Waals surface area (Å²) in [5.41, 5.74) is 0.824. The van der Waals surface area contributed by atoms with Crippen LogP contribution in [-0.2, 0) is 10.6 Å². The molecule has 0 amide bonds. The molecule has 0 saturated carbocycles. The molecule has 0 bridgehead atoms. The molecule has 2 aromatic rings. The first kappa shape index (κ1) is 15.5. The highest BCUT2D eigenvalue weighted by molar-refractivity contribution is 9.10. The van der Waals surface area contributed by atoms with Crippen LogP contribution in [0, 0.1) is 0 Å². The van der Waals surface area contributed by atoms with Gasteiger partial charge in [-0.05, 0) is 25.1 Å². The third-order valence-corrected chi connectivity index (χ3v) is 3.40. The van der Waals surface area contributed by atoms with E-state index in [9.17, 15) is 0 Å². The molecule has 0 spiro atoms. The molecule has 0 aliphatic carbocycles. The van der Waals surface area contributed by atoms with E-state index in [1.165, 1.54) is 0 Å². The standard InChI is InChI=1S/C14H16BrClN2O2/c1-2-19-6-3-7-20-14-11-5-4-10(15)8-12(11)17-13(9-16)18-14/h4-5,8H,2-3,6-7,9H2,1H3. The maximum absolute atomic E-state index is 5.83. The maximum Gasteiger partial charge on any atom is 0.224 e. The summed E-state index contributed by atoms with van der Waals surface area (Å²) in [6.07, 6.45) is 0.825. The Morgan fingerprint density at radius 3 is 2.85 bits per heavy atom. The molecule has 1 aromatic heterocycles. The van der Waals surface area contributed by atoms with Crippen molar-refractivity contribution in [1.82, 2.24) is 9.97 Å². The second kappa shape index (κ2) is 7.76. The zero-order chi connectivity index (χ0) is 14.4. The average molecular weight is 360 g/mol. The molecule has 4 nitrogen and oxygen atoms in total. The molecule has 0 atom stereocenters. The van der Waals surface area contributed by atoms with Crippen LogP contribution in [0.4, 0.5) is 0 Å². The quantitative estimate of drug-likeness (QED) is 0.555. The van der Waals surface area contributed by atoms with E-state index in [4.69, 9.17) is 21.1 Å². The Morgan fingerprint density at radius 2 is 2.10 bits per heavy atom. The summed E-state index contributed by atoms with van der Waals surface area (Å²) in [5, 5.41) is 0.887. The lowest BCUT2D eigenvalue weighted by Gasteiger charge is -2.09. The SMILES string of the molecule is CCOCCCOc1nc(CCl)nc2cc(Br)ccc12. The number of fused-ring (bicyclic) bond motifs is 1. The summed E-state index contributed by atoms with van der Waals surface area (Å²) in [6.45, 7) is 3.95. The Hall–Kier alpha value is -0.910. The third kappa shape index (κ3) is 4.04. The van der Waals surface area contributed by atoms with E-state index in [0.717, 1.165) is 28.4 Å². The van der Waals surface area contributed by atoms with Crippen molar-refractivity contribution in [3.63, 3.8) is 0 Å². The molecule has 1 aromatic carbocycles. The molecule has 0 fully saturated rings. The van der Waals surface area contributed by atoms with Crippen molar-refractivity contribution >= 4 is 38.4 Å². The fourth-order valence-corrected chi connectivity index (χ4v) is 2.23. The monoisotopic (exact) mass is 358 g/mol. The smallest absolute Gasteiger partial charge is 0.224 e. The average Bonchev–Trinajstić information content (AvgIpc) is 2.46. The van der Waals surface area contributed by atoms with Gasteiger partial charge in [0.1, 0.15) is 5.82 Å². The second-order valence-corrected chi connectivity index (χ2v) is 5.32. The van der Waals surface area contributed by atoms with E-state index in [2.05, 4.69) is 25.9 Å². The van der Waals surface area contributed by atoms with Crippen molar-refractivity contribution in [2.75, 3.05) is 19.8 Å². The predicted molar refractivity (Wildman–Crippen MR) is 83.4 cm³/mol. The molecular weight excluding hydrogens is 344 g/mol. The molecule has 0 N–H and O–H groups in total. The molecule has 0 saturated heterocycles. The molecule has 108 valence electrons. The van der Waals surface area contributed by atoms with Gasteiger partial charge in [0, 0.05) is 24.1 Å². The van der Waals surface area contributed by atoms with Gasteiger partial charge in [0.2, 0.25) is 5.88 Å². The lowest BCUT2D eigenvalue weighted by atomic mass is 10.2. The maximum atomic E-state index is 5.83. The van der Waals surface area contributed by atoms with E-state index in [1.807, 2.05) is 25.1 Å². The first-order valence-electron chi connectivity index (χ1n) is 6.47. The molecule has 6 heteroatoms. The summed E-state index contributed by atoms with van der Waals surface area (Å²) in [6, 6.07) is 5.81. The fraction of sp³-hybridized carbons (Fsp3) is 0.429. The van der Waals surface area contributed by atoms with E-state index >= 15 is 0 Å². The number of hydrogen-bond donors (Lipinski definition) is 0. The van der Waals surface area contributed by atoms with Gasteiger partial charge in [0.05, 0.1) is 23.4 Å². The molecule has 1 heterocycles. The van der Waals surface area contributed by atoms with Crippen molar-refractivity contribution < 1.29 is 9.47 Å². The molecule has 2 rings (SSSR count). The highest BCUT2D eigenvalue weighted by atomic mass is 79.9. The van der Waals surface area contributed by atoms with Crippen LogP contribution in [0.2, 0.25) is 0 Å². The molecule has 0 unspecified atom stereocenters. The number of alkyl halides is 1. The van der Waals surface area contributed by atoms with Crippen molar-refractivity contribution in [2.45, 2.75) is 19.2 Å². The Balaban J connectivity index is 2.17. The van der Waals surface area contributed by atoms with Crippen LogP contribution in [0.3, 0.4) is 0 Å². The van der Waals surface area contributed by atoms with Crippen molar-refractivity contribution in [1.29, 1.82) is 0 Å². The van der Waals surface area contributed by atoms with Gasteiger partial charge in [-0.3, -0.25) is 0 Å². The minimum absolute atomic E-state index is 0.262. The highest BCUT2D eigenvalue weighted by Gasteiger charge is 2.09. The summed E-state index contributed by atoms with van der Waals surface area (Å²) in [7, 11) is 0. The van der Waals surface area contributed by atoms with E-state index < -0.39 is 0 Å². The van der Waals surface area contributed by atoms with Crippen molar-refractivity contribution in [3.8, 4) is 5.88 Å². The van der Waals surface area contributed by atoms with Crippen molar-refractivity contribution in [2.24, 2.45) is 0 Å². The molecule has 0 radical (unpaired) electrons. The zero-order valence-corrected chi connectivity index (χ0v) is 13.6. The summed E-state index contributed by atoms with van der Waals surface area (Å²) in [5.74, 6) is 1.41. The van der Waals surface area contributed by atoms with Crippen LogP contribution in [0.15, 0.2) is 22.7 Å². The van der Waals surface area contributed by atoms with Crippen LogP contribution >= 0.6 is 27.5 Å². The van der Waals surface area contributed by atoms with Crippen molar-refractivity contribution in [3.05, 3.63) is 28.5 Å². The van der Waals surface area contributed by atoms with Gasteiger partial charge in [-0.1, -0.05) is 15.9 Å². The normalized spacial score (nSPS) is 10.9. The summed E-state index contributed by atoms with van der Waals surface area (Å²) in [4.78, 5) is 8.74. The Kier molecular flexibility index (Phi) is 6.01. The van der Waals surface area contributed by atoms with Gasteiger partial charge < -0.3 is 9.47 Å². The Morgan fingerprint density at radius 1 is 1.25 bits per heavy atom. The van der Waals surface area contributed by atoms with Gasteiger partial charge in [0.15, 0.2) is 0 Å².